The molecule has 1 spiro atoms. The molecule has 0 bridgehead atoms. The first kappa shape index (κ1) is 13.7. The summed E-state index contributed by atoms with van der Waals surface area (Å²) in [4.78, 5) is 28.0. The van der Waals surface area contributed by atoms with E-state index in [1.165, 1.54) is 0 Å². The molecule has 0 aromatic carbocycles. The number of hydrogen-bond donors (Lipinski definition) is 0. The van der Waals surface area contributed by atoms with Gasteiger partial charge in [-0.2, -0.15) is 5.10 Å². The number of carbonyl (C=O) groups excluding carboxylic acids is 2. The second kappa shape index (κ2) is 4.30. The molecule has 1 aromatic rings. The molecule has 0 N–H and O–H groups in total. The third-order valence-corrected chi connectivity index (χ3v) is 5.36. The molecule has 0 atom stereocenters. The van der Waals surface area contributed by atoms with Crippen LogP contribution in [0.1, 0.15) is 36.0 Å². The van der Waals surface area contributed by atoms with Crippen LogP contribution < -0.4 is 0 Å². The molecule has 22 heavy (non-hydrogen) atoms. The highest BCUT2D eigenvalue weighted by atomic mass is 19.1. The number of rotatable bonds is 2. The van der Waals surface area contributed by atoms with E-state index in [0.29, 0.717) is 38.0 Å². The number of alkyl halides is 1. The number of aromatic nitrogens is 2. The molecule has 1 aromatic heterocycles. The van der Waals surface area contributed by atoms with Gasteiger partial charge in [-0.1, -0.05) is 0 Å². The third-order valence-electron chi connectivity index (χ3n) is 5.36. The molecule has 0 radical (unpaired) electrons. The monoisotopic (exact) mass is 306 g/mol. The molecule has 3 aliphatic rings. The normalized spacial score (nSPS) is 24.5. The number of amides is 2. The zero-order valence-electron chi connectivity index (χ0n) is 12.6. The van der Waals surface area contributed by atoms with Crippen molar-refractivity contribution in [3.8, 4) is 0 Å². The molecular weight excluding hydrogens is 287 g/mol. The number of carbonyl (C=O) groups is 2. The van der Waals surface area contributed by atoms with Crippen molar-refractivity contribution >= 4 is 11.8 Å². The van der Waals surface area contributed by atoms with Crippen LogP contribution in [0.3, 0.4) is 0 Å². The summed E-state index contributed by atoms with van der Waals surface area (Å²) >= 11 is 0. The summed E-state index contributed by atoms with van der Waals surface area (Å²) in [5.74, 6) is -0.435. The molecule has 4 rings (SSSR count). The average Bonchev–Trinajstić information content (AvgIpc) is 2.79. The van der Waals surface area contributed by atoms with Crippen LogP contribution in [0.5, 0.6) is 0 Å². The molecule has 3 heterocycles. The lowest BCUT2D eigenvalue weighted by atomic mass is 9.74. The van der Waals surface area contributed by atoms with Gasteiger partial charge in [-0.25, -0.2) is 4.39 Å². The Morgan fingerprint density at radius 3 is 2.45 bits per heavy atom. The number of hydrogen-bond acceptors (Lipinski definition) is 3. The van der Waals surface area contributed by atoms with Crippen LogP contribution >= 0.6 is 0 Å². The second-order valence-electron chi connectivity index (χ2n) is 6.81. The molecule has 0 unspecified atom stereocenters. The fraction of sp³-hybridized carbons (Fsp3) is 0.667. The molecule has 2 saturated heterocycles. The standard InChI is InChI=1S/C15H19FN4O2/c1-18-8-11(7-17-18)12(21)20-6-5-14(20)9-19(10-14)13(22)15(16)3-2-4-15/h7-8H,2-6,9-10H2,1H3. The Morgan fingerprint density at radius 1 is 1.27 bits per heavy atom. The zero-order chi connectivity index (χ0) is 15.5. The van der Waals surface area contributed by atoms with Crippen molar-refractivity contribution in [2.75, 3.05) is 19.6 Å². The van der Waals surface area contributed by atoms with Crippen LogP contribution in [-0.2, 0) is 11.8 Å². The molecule has 1 saturated carbocycles. The molecule has 3 fully saturated rings. The number of likely N-dealkylation sites (tertiary alicyclic amines) is 2. The van der Waals surface area contributed by atoms with E-state index in [1.54, 1.807) is 33.9 Å². The maximum Gasteiger partial charge on any atom is 0.260 e. The van der Waals surface area contributed by atoms with Crippen molar-refractivity contribution in [3.05, 3.63) is 18.0 Å². The van der Waals surface area contributed by atoms with Crippen LogP contribution in [0, 0.1) is 0 Å². The lowest BCUT2D eigenvalue weighted by molar-refractivity contribution is -0.171. The Hall–Kier alpha value is -1.92. The first-order valence-corrected chi connectivity index (χ1v) is 7.73. The fourth-order valence-corrected chi connectivity index (χ4v) is 3.67. The highest BCUT2D eigenvalue weighted by Crippen LogP contribution is 2.44. The first-order chi connectivity index (χ1) is 10.4. The summed E-state index contributed by atoms with van der Waals surface area (Å²) in [7, 11) is 1.77. The van der Waals surface area contributed by atoms with Crippen molar-refractivity contribution < 1.29 is 14.0 Å². The van der Waals surface area contributed by atoms with Crippen molar-refractivity contribution in [1.29, 1.82) is 0 Å². The van der Waals surface area contributed by atoms with Crippen LogP contribution in [0.2, 0.25) is 0 Å². The number of halogens is 1. The van der Waals surface area contributed by atoms with Gasteiger partial charge < -0.3 is 9.80 Å². The molecule has 2 aliphatic heterocycles. The minimum absolute atomic E-state index is 0.0509. The van der Waals surface area contributed by atoms with E-state index in [9.17, 15) is 14.0 Å². The third kappa shape index (κ3) is 1.74. The summed E-state index contributed by atoms with van der Waals surface area (Å²) < 4.78 is 15.8. The van der Waals surface area contributed by atoms with Crippen molar-refractivity contribution in [3.63, 3.8) is 0 Å². The van der Waals surface area contributed by atoms with Gasteiger partial charge >= 0.3 is 0 Å². The minimum atomic E-state index is -1.64. The maximum absolute atomic E-state index is 14.2. The van der Waals surface area contributed by atoms with E-state index in [0.717, 1.165) is 12.8 Å². The summed E-state index contributed by atoms with van der Waals surface area (Å²) in [5.41, 5.74) is -1.35. The number of nitrogens with zero attached hydrogens (tertiary/aromatic N) is 4. The number of aryl methyl sites for hydroxylation is 1. The predicted molar refractivity (Wildman–Crippen MR) is 75.9 cm³/mol. The van der Waals surface area contributed by atoms with E-state index in [-0.39, 0.29) is 17.4 Å². The predicted octanol–water partition coefficient (Wildman–Crippen LogP) is 0.739. The quantitative estimate of drug-likeness (QED) is 0.810. The van der Waals surface area contributed by atoms with Gasteiger partial charge in [0.25, 0.3) is 11.8 Å². The van der Waals surface area contributed by atoms with Crippen LogP contribution in [-0.4, -0.2) is 62.2 Å². The molecule has 6 nitrogen and oxygen atoms in total. The fourth-order valence-electron chi connectivity index (χ4n) is 3.67. The average molecular weight is 306 g/mol. The van der Waals surface area contributed by atoms with Gasteiger partial charge in [0.15, 0.2) is 5.67 Å². The Morgan fingerprint density at radius 2 is 2.00 bits per heavy atom. The van der Waals surface area contributed by atoms with Gasteiger partial charge in [0.1, 0.15) is 0 Å². The van der Waals surface area contributed by atoms with Gasteiger partial charge in [-0.3, -0.25) is 14.3 Å². The molecule has 118 valence electrons. The van der Waals surface area contributed by atoms with Crippen LogP contribution in [0.25, 0.3) is 0 Å². The van der Waals surface area contributed by atoms with Gasteiger partial charge in [0, 0.05) is 32.9 Å². The highest BCUT2D eigenvalue weighted by molar-refractivity contribution is 5.95. The Labute approximate surface area is 127 Å². The summed E-state index contributed by atoms with van der Waals surface area (Å²) in [6, 6.07) is 0. The Kier molecular flexibility index (Phi) is 2.68. The minimum Gasteiger partial charge on any atom is -0.335 e. The van der Waals surface area contributed by atoms with Gasteiger partial charge in [0.05, 0.1) is 17.3 Å². The lowest BCUT2D eigenvalue weighted by Gasteiger charge is -2.63. The van der Waals surface area contributed by atoms with Crippen molar-refractivity contribution in [1.82, 2.24) is 19.6 Å². The summed E-state index contributed by atoms with van der Waals surface area (Å²) in [6.07, 6.45) is 5.60. The Balaban J connectivity index is 1.42. The summed E-state index contributed by atoms with van der Waals surface area (Å²) in [5, 5.41) is 4.02. The molecule has 1 aliphatic carbocycles. The Bertz CT molecular complexity index is 646. The van der Waals surface area contributed by atoms with Gasteiger partial charge in [-0.15, -0.1) is 0 Å². The van der Waals surface area contributed by atoms with Crippen LogP contribution in [0.4, 0.5) is 4.39 Å². The van der Waals surface area contributed by atoms with Crippen LogP contribution in [0.15, 0.2) is 12.4 Å². The molecule has 2 amide bonds. The largest absolute Gasteiger partial charge is 0.335 e. The molecule has 7 heteroatoms. The van der Waals surface area contributed by atoms with E-state index in [4.69, 9.17) is 0 Å². The van der Waals surface area contributed by atoms with Gasteiger partial charge in [0.2, 0.25) is 0 Å². The van der Waals surface area contributed by atoms with Crippen molar-refractivity contribution in [2.45, 2.75) is 36.9 Å². The van der Waals surface area contributed by atoms with Gasteiger partial charge in [-0.05, 0) is 25.7 Å². The smallest absolute Gasteiger partial charge is 0.260 e. The highest BCUT2D eigenvalue weighted by Gasteiger charge is 2.60. The SMILES string of the molecule is Cn1cc(C(=O)N2CCC23CN(C(=O)C2(F)CCC2)C3)cn1. The summed E-state index contributed by atoms with van der Waals surface area (Å²) in [6.45, 7) is 1.61. The first-order valence-electron chi connectivity index (χ1n) is 7.73. The van der Waals surface area contributed by atoms with E-state index in [1.807, 2.05) is 0 Å². The molecular formula is C15H19FN4O2. The lowest BCUT2D eigenvalue weighted by Crippen LogP contribution is -2.79. The van der Waals surface area contributed by atoms with E-state index >= 15 is 0 Å². The van der Waals surface area contributed by atoms with E-state index in [2.05, 4.69) is 5.10 Å². The van der Waals surface area contributed by atoms with E-state index < -0.39 is 5.67 Å². The zero-order valence-corrected chi connectivity index (χ0v) is 12.6. The van der Waals surface area contributed by atoms with Crippen molar-refractivity contribution in [2.24, 2.45) is 7.05 Å². The maximum atomic E-state index is 14.2. The topological polar surface area (TPSA) is 58.4 Å². The second-order valence-corrected chi connectivity index (χ2v) is 6.81.